The van der Waals surface area contributed by atoms with Gasteiger partial charge in [0.2, 0.25) is 5.96 Å². The fourth-order valence-electron chi connectivity index (χ4n) is 4.68. The third kappa shape index (κ3) is 3.85. The van der Waals surface area contributed by atoms with Gasteiger partial charge in [0.15, 0.2) is 5.82 Å². The number of carbonyl (C=O) groups is 1. The molecule has 7 nitrogen and oxygen atoms in total. The number of hydrogen-bond acceptors (Lipinski definition) is 5. The zero-order valence-corrected chi connectivity index (χ0v) is 19.6. The summed E-state index contributed by atoms with van der Waals surface area (Å²) in [6.07, 6.45) is 0.931. The van der Waals surface area contributed by atoms with Crippen LogP contribution in [0.2, 0.25) is 0 Å². The van der Waals surface area contributed by atoms with Crippen molar-refractivity contribution in [2.24, 2.45) is 4.99 Å². The monoisotopic (exact) mass is 462 g/mol. The van der Waals surface area contributed by atoms with E-state index in [1.165, 1.54) is 11.1 Å². The highest BCUT2D eigenvalue weighted by atomic mass is 16.2. The first-order valence-corrected chi connectivity index (χ1v) is 11.9. The molecule has 3 aromatic carbocycles. The molecule has 4 aromatic rings. The van der Waals surface area contributed by atoms with E-state index in [0.717, 1.165) is 30.8 Å². The highest BCUT2D eigenvalue weighted by Crippen LogP contribution is 2.36. The van der Waals surface area contributed by atoms with E-state index < -0.39 is 0 Å². The molecular weight excluding hydrogens is 436 g/mol. The van der Waals surface area contributed by atoms with Crippen LogP contribution in [0.1, 0.15) is 22.3 Å². The van der Waals surface area contributed by atoms with Gasteiger partial charge < -0.3 is 5.32 Å². The van der Waals surface area contributed by atoms with Crippen LogP contribution < -0.4 is 10.2 Å². The van der Waals surface area contributed by atoms with E-state index >= 15 is 0 Å². The lowest BCUT2D eigenvalue weighted by Gasteiger charge is -2.36. The maximum atomic E-state index is 13.5. The minimum Gasteiger partial charge on any atom is -0.340 e. The van der Waals surface area contributed by atoms with Crippen molar-refractivity contribution in [2.75, 3.05) is 30.4 Å². The molecule has 7 heteroatoms. The van der Waals surface area contributed by atoms with Gasteiger partial charge in [-0.3, -0.25) is 19.6 Å². The summed E-state index contributed by atoms with van der Waals surface area (Å²) < 4.78 is 1.90. The SMILES string of the molecule is CN1C(=O)c2c(nn(Cc3ccc(-c4ccccc4)cc3)c2Nc2ccccc2)N2CCCN=C12. The predicted molar refractivity (Wildman–Crippen MR) is 139 cm³/mol. The molecule has 2 aliphatic rings. The zero-order chi connectivity index (χ0) is 23.8. The molecule has 6 rings (SSSR count). The van der Waals surface area contributed by atoms with Gasteiger partial charge in [-0.2, -0.15) is 5.10 Å². The molecule has 1 aromatic heterocycles. The smallest absolute Gasteiger partial charge is 0.267 e. The van der Waals surface area contributed by atoms with Gasteiger partial charge in [-0.15, -0.1) is 0 Å². The topological polar surface area (TPSA) is 65.8 Å². The average Bonchev–Trinajstić information content (AvgIpc) is 3.26. The van der Waals surface area contributed by atoms with Crippen molar-refractivity contribution >= 4 is 29.2 Å². The number of nitrogens with zero attached hydrogens (tertiary/aromatic N) is 5. The van der Waals surface area contributed by atoms with Gasteiger partial charge in [-0.25, -0.2) is 4.68 Å². The van der Waals surface area contributed by atoms with Crippen LogP contribution in [-0.2, 0) is 6.54 Å². The first kappa shape index (κ1) is 21.2. The number of benzene rings is 3. The number of nitrogens with one attached hydrogen (secondary N) is 1. The van der Waals surface area contributed by atoms with Gasteiger partial charge in [-0.05, 0) is 35.2 Å². The lowest BCUT2D eigenvalue weighted by Crippen LogP contribution is -2.52. The van der Waals surface area contributed by atoms with Crippen molar-refractivity contribution in [1.29, 1.82) is 0 Å². The van der Waals surface area contributed by atoms with Gasteiger partial charge in [0.25, 0.3) is 5.91 Å². The first-order valence-electron chi connectivity index (χ1n) is 11.9. The van der Waals surface area contributed by atoms with Gasteiger partial charge >= 0.3 is 0 Å². The van der Waals surface area contributed by atoms with E-state index in [-0.39, 0.29) is 5.91 Å². The number of aromatic nitrogens is 2. The summed E-state index contributed by atoms with van der Waals surface area (Å²) >= 11 is 0. The third-order valence-corrected chi connectivity index (χ3v) is 6.47. The molecular formula is C28H26N6O. The van der Waals surface area contributed by atoms with Crippen LogP contribution in [0.4, 0.5) is 17.3 Å². The molecule has 174 valence electrons. The second-order valence-electron chi connectivity index (χ2n) is 8.81. The van der Waals surface area contributed by atoms with Crippen molar-refractivity contribution < 1.29 is 4.79 Å². The number of aliphatic imine (C=N–C) groups is 1. The summed E-state index contributed by atoms with van der Waals surface area (Å²) in [5, 5.41) is 8.41. The quantitative estimate of drug-likeness (QED) is 0.454. The summed E-state index contributed by atoms with van der Waals surface area (Å²) in [4.78, 5) is 21.8. The second kappa shape index (κ2) is 8.76. The Hall–Kier alpha value is -4.39. The Bertz CT molecular complexity index is 1390. The van der Waals surface area contributed by atoms with E-state index in [0.29, 0.717) is 29.7 Å². The largest absolute Gasteiger partial charge is 0.340 e. The first-order chi connectivity index (χ1) is 17.2. The standard InChI is InChI=1S/C28H26N6O/c1-32-27(35)24-25(30-23-11-6-3-7-12-23)34(31-26(24)33-18-8-17-29-28(32)33)19-20-13-15-22(16-14-20)21-9-4-2-5-10-21/h2-7,9-16,30H,8,17-19H2,1H3. The number of para-hydroxylation sites is 1. The Labute approximate surface area is 204 Å². The lowest BCUT2D eigenvalue weighted by atomic mass is 10.0. The fraction of sp³-hybridized carbons (Fsp3) is 0.179. The number of carbonyl (C=O) groups excluding carboxylic acids is 1. The molecule has 0 unspecified atom stereocenters. The van der Waals surface area contributed by atoms with E-state index in [9.17, 15) is 4.79 Å². The minimum atomic E-state index is -0.0963. The van der Waals surface area contributed by atoms with E-state index in [2.05, 4.69) is 51.6 Å². The maximum absolute atomic E-state index is 13.5. The van der Waals surface area contributed by atoms with E-state index in [4.69, 9.17) is 5.10 Å². The molecule has 0 saturated carbocycles. The van der Waals surface area contributed by atoms with Crippen LogP contribution in [0, 0.1) is 0 Å². The van der Waals surface area contributed by atoms with Crippen LogP contribution in [0.3, 0.4) is 0 Å². The molecule has 2 aliphatic heterocycles. The molecule has 3 heterocycles. The average molecular weight is 463 g/mol. The Kier molecular flexibility index (Phi) is 5.29. The van der Waals surface area contributed by atoms with Gasteiger partial charge in [0, 0.05) is 25.8 Å². The molecule has 1 N–H and O–H groups in total. The maximum Gasteiger partial charge on any atom is 0.267 e. The summed E-state index contributed by atoms with van der Waals surface area (Å²) in [5.74, 6) is 1.95. The summed E-state index contributed by atoms with van der Waals surface area (Å²) in [6.45, 7) is 2.05. The molecule has 0 saturated heterocycles. The molecule has 0 atom stereocenters. The summed E-state index contributed by atoms with van der Waals surface area (Å²) in [6, 6.07) is 28.7. The van der Waals surface area contributed by atoms with Crippen LogP contribution in [0.15, 0.2) is 89.9 Å². The third-order valence-electron chi connectivity index (χ3n) is 6.47. The molecule has 35 heavy (non-hydrogen) atoms. The second-order valence-corrected chi connectivity index (χ2v) is 8.81. The molecule has 0 fully saturated rings. The molecule has 0 bridgehead atoms. The van der Waals surface area contributed by atoms with Crippen LogP contribution in [-0.4, -0.2) is 46.7 Å². The number of amides is 1. The van der Waals surface area contributed by atoms with Crippen molar-refractivity contribution in [2.45, 2.75) is 13.0 Å². The Balaban J connectivity index is 1.40. The Morgan fingerprint density at radius 2 is 1.57 bits per heavy atom. The van der Waals surface area contributed by atoms with Gasteiger partial charge in [0.05, 0.1) is 6.54 Å². The summed E-state index contributed by atoms with van der Waals surface area (Å²) in [5.41, 5.74) is 4.95. The number of guanidine groups is 1. The van der Waals surface area contributed by atoms with Crippen LogP contribution >= 0.6 is 0 Å². The van der Waals surface area contributed by atoms with E-state index in [1.807, 2.05) is 53.2 Å². The van der Waals surface area contributed by atoms with Crippen molar-refractivity contribution in [1.82, 2.24) is 14.7 Å². The minimum absolute atomic E-state index is 0.0963. The zero-order valence-electron chi connectivity index (χ0n) is 19.6. The predicted octanol–water partition coefficient (Wildman–Crippen LogP) is 4.99. The number of fused-ring (bicyclic) bond motifs is 3. The fourth-order valence-corrected chi connectivity index (χ4v) is 4.68. The van der Waals surface area contributed by atoms with Gasteiger partial charge in [-0.1, -0.05) is 72.8 Å². The van der Waals surface area contributed by atoms with Crippen LogP contribution in [0.25, 0.3) is 11.1 Å². The Morgan fingerprint density at radius 3 is 2.31 bits per heavy atom. The Morgan fingerprint density at radius 1 is 0.886 bits per heavy atom. The molecule has 1 amide bonds. The highest BCUT2D eigenvalue weighted by molar-refractivity contribution is 6.20. The van der Waals surface area contributed by atoms with Crippen molar-refractivity contribution in [3.63, 3.8) is 0 Å². The van der Waals surface area contributed by atoms with Crippen molar-refractivity contribution in [3.8, 4) is 11.1 Å². The number of rotatable bonds is 5. The van der Waals surface area contributed by atoms with Gasteiger partial charge in [0.1, 0.15) is 11.4 Å². The van der Waals surface area contributed by atoms with E-state index in [1.54, 1.807) is 11.9 Å². The highest BCUT2D eigenvalue weighted by Gasteiger charge is 2.39. The molecule has 0 radical (unpaired) electrons. The number of hydrogen-bond donors (Lipinski definition) is 1. The lowest BCUT2D eigenvalue weighted by molar-refractivity contribution is 0.0864. The molecule has 0 aliphatic carbocycles. The number of anilines is 3. The van der Waals surface area contributed by atoms with Crippen LogP contribution in [0.5, 0.6) is 0 Å². The van der Waals surface area contributed by atoms with Crippen molar-refractivity contribution in [3.05, 3.63) is 96.1 Å². The normalized spacial score (nSPS) is 14.9. The molecule has 0 spiro atoms. The summed E-state index contributed by atoms with van der Waals surface area (Å²) in [7, 11) is 1.79.